The van der Waals surface area contributed by atoms with Crippen molar-refractivity contribution in [3.05, 3.63) is 17.0 Å². The number of thioether (sulfide) groups is 1. The Labute approximate surface area is 102 Å². The summed E-state index contributed by atoms with van der Waals surface area (Å²) in [6.07, 6.45) is 1.61. The van der Waals surface area contributed by atoms with Gasteiger partial charge in [-0.15, -0.1) is 11.8 Å². The molecule has 88 valence electrons. The van der Waals surface area contributed by atoms with Crippen LogP contribution in [0.4, 0.5) is 0 Å². The lowest BCUT2D eigenvalue weighted by Gasteiger charge is -2.06. The Hall–Kier alpha value is -0.850. The molecule has 1 aromatic rings. The fraction of sp³-hybridized carbons (Fsp3) is 0.444. The molecule has 0 atom stereocenters. The maximum absolute atomic E-state index is 10.9. The number of esters is 1. The second-order valence-electron chi connectivity index (χ2n) is 2.78. The Balaban J connectivity index is 2.60. The Bertz CT molecular complexity index is 376. The Morgan fingerprint density at radius 1 is 1.62 bits per heavy atom. The molecule has 1 rings (SSSR count). The van der Waals surface area contributed by atoms with E-state index in [9.17, 15) is 4.79 Å². The van der Waals surface area contributed by atoms with Crippen molar-refractivity contribution < 1.29 is 14.6 Å². The molecule has 0 aliphatic rings. The molecule has 7 heteroatoms. The lowest BCUT2D eigenvalue weighted by atomic mass is 10.4. The van der Waals surface area contributed by atoms with Crippen molar-refractivity contribution >= 4 is 29.3 Å². The highest BCUT2D eigenvalue weighted by Gasteiger charge is 2.10. The highest BCUT2D eigenvalue weighted by molar-refractivity contribution is 7.99. The molecule has 0 bridgehead atoms. The molecular weight excluding hydrogens is 252 g/mol. The fourth-order valence-electron chi connectivity index (χ4n) is 0.966. The number of aliphatic hydroxyl groups excluding tert-OH is 1. The van der Waals surface area contributed by atoms with Crippen molar-refractivity contribution in [2.24, 2.45) is 0 Å². The zero-order valence-electron chi connectivity index (χ0n) is 8.64. The molecule has 16 heavy (non-hydrogen) atoms. The van der Waals surface area contributed by atoms with Crippen LogP contribution in [0.5, 0.6) is 0 Å². The molecule has 0 aliphatic heterocycles. The van der Waals surface area contributed by atoms with Crippen LogP contribution in [-0.4, -0.2) is 33.9 Å². The number of aliphatic hydroxyl groups is 1. The quantitative estimate of drug-likeness (QED) is 0.490. The van der Waals surface area contributed by atoms with Crippen LogP contribution in [-0.2, 0) is 16.1 Å². The van der Waals surface area contributed by atoms with Gasteiger partial charge in [-0.3, -0.25) is 4.79 Å². The molecule has 0 aliphatic carbocycles. The van der Waals surface area contributed by atoms with Crippen molar-refractivity contribution in [2.75, 3.05) is 12.9 Å². The van der Waals surface area contributed by atoms with Crippen molar-refractivity contribution in [3.63, 3.8) is 0 Å². The summed E-state index contributed by atoms with van der Waals surface area (Å²) in [6, 6.07) is 0. The molecular formula is C9H11ClN2O3S. The first-order valence-corrected chi connectivity index (χ1v) is 5.85. The smallest absolute Gasteiger partial charge is 0.306 e. The van der Waals surface area contributed by atoms with Gasteiger partial charge in [-0.25, -0.2) is 9.97 Å². The largest absolute Gasteiger partial charge is 0.469 e. The molecule has 0 saturated carbocycles. The summed E-state index contributed by atoms with van der Waals surface area (Å²) in [6.45, 7) is -0.222. The SMILES string of the molecule is COC(=O)CCSc1ncnc(Cl)c1CO. The fourth-order valence-corrected chi connectivity index (χ4v) is 2.13. The van der Waals surface area contributed by atoms with Gasteiger partial charge < -0.3 is 9.84 Å². The molecule has 1 heterocycles. The normalized spacial score (nSPS) is 10.2. The van der Waals surface area contributed by atoms with E-state index in [-0.39, 0.29) is 24.2 Å². The molecule has 0 unspecified atom stereocenters. The topological polar surface area (TPSA) is 72.3 Å². The third-order valence-electron chi connectivity index (χ3n) is 1.78. The van der Waals surface area contributed by atoms with E-state index < -0.39 is 0 Å². The number of methoxy groups -OCH3 is 1. The van der Waals surface area contributed by atoms with Gasteiger partial charge in [-0.05, 0) is 0 Å². The first-order chi connectivity index (χ1) is 7.69. The maximum atomic E-state index is 10.9. The van der Waals surface area contributed by atoms with Gasteiger partial charge in [-0.1, -0.05) is 11.6 Å². The zero-order valence-corrected chi connectivity index (χ0v) is 10.2. The van der Waals surface area contributed by atoms with Crippen LogP contribution >= 0.6 is 23.4 Å². The highest BCUT2D eigenvalue weighted by atomic mass is 35.5. The second-order valence-corrected chi connectivity index (χ2v) is 4.22. The Morgan fingerprint density at radius 2 is 2.38 bits per heavy atom. The van der Waals surface area contributed by atoms with Crippen LogP contribution in [0.2, 0.25) is 5.15 Å². The van der Waals surface area contributed by atoms with Crippen LogP contribution in [0.3, 0.4) is 0 Å². The zero-order chi connectivity index (χ0) is 12.0. The number of hydrogen-bond acceptors (Lipinski definition) is 6. The number of carbonyl (C=O) groups is 1. The summed E-state index contributed by atoms with van der Waals surface area (Å²) >= 11 is 7.12. The minimum atomic E-state index is -0.279. The molecule has 0 spiro atoms. The number of nitrogens with zero attached hydrogens (tertiary/aromatic N) is 2. The van der Waals surface area contributed by atoms with Crippen LogP contribution in [0.25, 0.3) is 0 Å². The van der Waals surface area contributed by atoms with Crippen LogP contribution in [0, 0.1) is 0 Å². The minimum Gasteiger partial charge on any atom is -0.469 e. The first-order valence-electron chi connectivity index (χ1n) is 4.49. The average Bonchev–Trinajstić information content (AvgIpc) is 2.29. The van der Waals surface area contributed by atoms with E-state index >= 15 is 0 Å². The molecule has 0 aromatic carbocycles. The molecule has 0 fully saturated rings. The second kappa shape index (κ2) is 6.67. The lowest BCUT2D eigenvalue weighted by Crippen LogP contribution is -2.02. The van der Waals surface area contributed by atoms with Gasteiger partial charge in [0.05, 0.1) is 20.1 Å². The van der Waals surface area contributed by atoms with Crippen molar-refractivity contribution in [2.45, 2.75) is 18.1 Å². The van der Waals surface area contributed by atoms with Gasteiger partial charge in [0.2, 0.25) is 0 Å². The number of carbonyl (C=O) groups excluding carboxylic acids is 1. The van der Waals surface area contributed by atoms with Crippen molar-refractivity contribution in [1.29, 1.82) is 0 Å². The van der Waals surface area contributed by atoms with E-state index in [2.05, 4.69) is 14.7 Å². The van der Waals surface area contributed by atoms with E-state index in [0.717, 1.165) is 0 Å². The predicted molar refractivity (Wildman–Crippen MR) is 60.3 cm³/mol. The number of aromatic nitrogens is 2. The van der Waals surface area contributed by atoms with Crippen molar-refractivity contribution in [3.8, 4) is 0 Å². The lowest BCUT2D eigenvalue weighted by molar-refractivity contribution is -0.140. The van der Waals surface area contributed by atoms with Crippen LogP contribution in [0.1, 0.15) is 12.0 Å². The van der Waals surface area contributed by atoms with Gasteiger partial charge in [-0.2, -0.15) is 0 Å². The van der Waals surface area contributed by atoms with E-state index in [1.165, 1.54) is 25.2 Å². The third kappa shape index (κ3) is 3.62. The number of ether oxygens (including phenoxy) is 1. The predicted octanol–water partition coefficient (Wildman–Crippen LogP) is 1.28. The summed E-state index contributed by atoms with van der Waals surface area (Å²) < 4.78 is 4.51. The van der Waals surface area contributed by atoms with E-state index in [0.29, 0.717) is 16.3 Å². The Kier molecular flexibility index (Phi) is 5.51. The first kappa shape index (κ1) is 13.2. The van der Waals surface area contributed by atoms with Gasteiger partial charge >= 0.3 is 5.97 Å². The molecule has 0 radical (unpaired) electrons. The molecule has 1 N–H and O–H groups in total. The summed E-state index contributed by atoms with van der Waals surface area (Å²) in [4.78, 5) is 18.6. The summed E-state index contributed by atoms with van der Waals surface area (Å²) in [5.41, 5.74) is 0.485. The highest BCUT2D eigenvalue weighted by Crippen LogP contribution is 2.25. The van der Waals surface area contributed by atoms with Gasteiger partial charge in [0, 0.05) is 11.3 Å². The third-order valence-corrected chi connectivity index (χ3v) is 3.14. The van der Waals surface area contributed by atoms with E-state index in [1.807, 2.05) is 0 Å². The van der Waals surface area contributed by atoms with E-state index in [1.54, 1.807) is 0 Å². The monoisotopic (exact) mass is 262 g/mol. The molecule has 0 saturated heterocycles. The molecule has 5 nitrogen and oxygen atoms in total. The van der Waals surface area contributed by atoms with Gasteiger partial charge in [0.15, 0.2) is 0 Å². The minimum absolute atomic E-state index is 0.222. The summed E-state index contributed by atoms with van der Waals surface area (Å²) in [7, 11) is 1.34. The van der Waals surface area contributed by atoms with Crippen molar-refractivity contribution in [1.82, 2.24) is 9.97 Å². The molecule has 1 aromatic heterocycles. The van der Waals surface area contributed by atoms with Crippen LogP contribution in [0.15, 0.2) is 11.4 Å². The Morgan fingerprint density at radius 3 is 3.00 bits per heavy atom. The van der Waals surface area contributed by atoms with Gasteiger partial charge in [0.25, 0.3) is 0 Å². The standard InChI is InChI=1S/C9H11ClN2O3S/c1-15-7(14)2-3-16-9-6(4-13)8(10)11-5-12-9/h5,13H,2-4H2,1H3. The van der Waals surface area contributed by atoms with E-state index in [4.69, 9.17) is 16.7 Å². The molecule has 0 amide bonds. The number of rotatable bonds is 5. The number of hydrogen-bond donors (Lipinski definition) is 1. The maximum Gasteiger partial charge on any atom is 0.306 e. The summed E-state index contributed by atoms with van der Waals surface area (Å²) in [5, 5.41) is 9.91. The average molecular weight is 263 g/mol. The van der Waals surface area contributed by atoms with Crippen LogP contribution < -0.4 is 0 Å². The number of halogens is 1. The summed E-state index contributed by atoms with van der Waals surface area (Å²) in [5.74, 6) is 0.241. The van der Waals surface area contributed by atoms with Gasteiger partial charge in [0.1, 0.15) is 16.5 Å².